The first-order valence-corrected chi connectivity index (χ1v) is 8.64. The molecule has 3 aromatic rings. The lowest BCUT2D eigenvalue weighted by molar-refractivity contribution is 0.192. The largest absolute Gasteiger partial charge is 0.464 e. The molecule has 2 aromatic heterocycles. The third kappa shape index (κ3) is 3.68. The first-order chi connectivity index (χ1) is 12.1. The molecular weight excluding hydrogens is 316 g/mol. The summed E-state index contributed by atoms with van der Waals surface area (Å²) in [5.41, 5.74) is 1.98. The second kappa shape index (κ2) is 7.42. The molecular formula is C19H24N4O2. The Morgan fingerprint density at radius 1 is 1.24 bits per heavy atom. The van der Waals surface area contributed by atoms with Crippen LogP contribution in [0.15, 0.2) is 40.8 Å². The summed E-state index contributed by atoms with van der Waals surface area (Å²) in [6.07, 6.45) is 0. The quantitative estimate of drug-likeness (QED) is 0.744. The van der Waals surface area contributed by atoms with Gasteiger partial charge in [0.1, 0.15) is 11.5 Å². The maximum absolute atomic E-state index is 12.5. The van der Waals surface area contributed by atoms with Crippen molar-refractivity contribution in [3.63, 3.8) is 0 Å². The fraction of sp³-hybridized carbons (Fsp3) is 0.368. The molecule has 0 fully saturated rings. The van der Waals surface area contributed by atoms with Crippen LogP contribution in [0.3, 0.4) is 0 Å². The highest BCUT2D eigenvalue weighted by Gasteiger charge is 2.15. The summed E-state index contributed by atoms with van der Waals surface area (Å²) in [4.78, 5) is 14.2. The highest BCUT2D eigenvalue weighted by atomic mass is 16.3. The van der Waals surface area contributed by atoms with Crippen LogP contribution in [0.2, 0.25) is 0 Å². The molecule has 25 heavy (non-hydrogen) atoms. The molecule has 6 nitrogen and oxygen atoms in total. The number of hydrogen-bond donors (Lipinski definition) is 1. The third-order valence-electron chi connectivity index (χ3n) is 4.25. The number of aryl methyl sites for hydroxylation is 2. The molecule has 3 rings (SSSR count). The van der Waals surface area contributed by atoms with E-state index in [2.05, 4.69) is 23.4 Å². The van der Waals surface area contributed by atoms with Crippen LogP contribution < -0.4 is 5.32 Å². The summed E-state index contributed by atoms with van der Waals surface area (Å²) >= 11 is 0. The minimum atomic E-state index is -0.119. The number of fused-ring (bicyclic) bond motifs is 1. The number of aromatic nitrogens is 2. The van der Waals surface area contributed by atoms with Gasteiger partial charge in [-0.3, -0.25) is 4.68 Å². The van der Waals surface area contributed by atoms with E-state index in [0.717, 1.165) is 34.7 Å². The van der Waals surface area contributed by atoms with Gasteiger partial charge in [-0.25, -0.2) is 4.79 Å². The molecule has 0 unspecified atom stereocenters. The van der Waals surface area contributed by atoms with Crippen molar-refractivity contribution < 1.29 is 9.21 Å². The summed E-state index contributed by atoms with van der Waals surface area (Å²) in [7, 11) is 0. The van der Waals surface area contributed by atoms with Gasteiger partial charge in [0.25, 0.3) is 0 Å². The van der Waals surface area contributed by atoms with Crippen molar-refractivity contribution >= 4 is 16.9 Å². The van der Waals surface area contributed by atoms with Crippen molar-refractivity contribution in [1.29, 1.82) is 0 Å². The third-order valence-corrected chi connectivity index (χ3v) is 4.25. The molecule has 0 saturated carbocycles. The zero-order valence-electron chi connectivity index (χ0n) is 15.0. The molecule has 0 aliphatic heterocycles. The van der Waals surface area contributed by atoms with Gasteiger partial charge in [-0.2, -0.15) is 5.10 Å². The van der Waals surface area contributed by atoms with Gasteiger partial charge in [-0.1, -0.05) is 18.2 Å². The number of carbonyl (C=O) groups excluding carboxylic acids is 1. The van der Waals surface area contributed by atoms with Crippen LogP contribution in [-0.2, 0) is 19.6 Å². The number of furan rings is 1. The topological polar surface area (TPSA) is 63.3 Å². The van der Waals surface area contributed by atoms with Gasteiger partial charge in [-0.05, 0) is 39.0 Å². The molecule has 0 atom stereocenters. The van der Waals surface area contributed by atoms with Crippen molar-refractivity contribution in [2.45, 2.75) is 40.4 Å². The number of hydrogen-bond acceptors (Lipinski definition) is 3. The monoisotopic (exact) mass is 340 g/mol. The van der Waals surface area contributed by atoms with Crippen LogP contribution in [0.4, 0.5) is 4.79 Å². The molecule has 1 N–H and O–H groups in total. The second-order valence-electron chi connectivity index (χ2n) is 5.96. The average molecular weight is 340 g/mol. The lowest BCUT2D eigenvalue weighted by Crippen LogP contribution is -2.39. The molecule has 0 bridgehead atoms. The van der Waals surface area contributed by atoms with Crippen molar-refractivity contribution in [1.82, 2.24) is 20.0 Å². The van der Waals surface area contributed by atoms with Crippen molar-refractivity contribution in [2.75, 3.05) is 6.54 Å². The minimum Gasteiger partial charge on any atom is -0.464 e. The summed E-state index contributed by atoms with van der Waals surface area (Å²) in [6, 6.07) is 11.8. The first-order valence-electron chi connectivity index (χ1n) is 8.64. The van der Waals surface area contributed by atoms with E-state index in [9.17, 15) is 4.79 Å². The Morgan fingerprint density at radius 3 is 2.72 bits per heavy atom. The first kappa shape index (κ1) is 17.1. The van der Waals surface area contributed by atoms with Crippen molar-refractivity contribution in [3.05, 3.63) is 53.6 Å². The number of urea groups is 1. The Kier molecular flexibility index (Phi) is 5.07. The predicted octanol–water partition coefficient (Wildman–Crippen LogP) is 3.69. The molecule has 2 amide bonds. The number of para-hydroxylation sites is 1. The SMILES string of the molecule is CCN(Cc1ccc(C)o1)C(=O)NCc1nn(CC)c2ccccc12. The van der Waals surface area contributed by atoms with E-state index in [1.807, 2.05) is 48.9 Å². The number of carbonyl (C=O) groups is 1. The highest BCUT2D eigenvalue weighted by Crippen LogP contribution is 2.18. The number of nitrogens with zero attached hydrogens (tertiary/aromatic N) is 3. The molecule has 0 aliphatic rings. The van der Waals surface area contributed by atoms with Crippen LogP contribution in [0.5, 0.6) is 0 Å². The van der Waals surface area contributed by atoms with E-state index in [1.165, 1.54) is 0 Å². The van der Waals surface area contributed by atoms with E-state index in [4.69, 9.17) is 4.42 Å². The summed E-state index contributed by atoms with van der Waals surface area (Å²) in [5.74, 6) is 1.64. The summed E-state index contributed by atoms with van der Waals surface area (Å²) in [6.45, 7) is 8.18. The predicted molar refractivity (Wildman–Crippen MR) is 97.2 cm³/mol. The fourth-order valence-corrected chi connectivity index (χ4v) is 2.92. The van der Waals surface area contributed by atoms with Crippen LogP contribution in [-0.4, -0.2) is 27.3 Å². The Balaban J connectivity index is 1.69. The van der Waals surface area contributed by atoms with E-state index < -0.39 is 0 Å². The minimum absolute atomic E-state index is 0.119. The standard InChI is InChI=1S/C19H24N4O2/c1-4-22(13-15-11-10-14(3)25-15)19(24)20-12-17-16-8-6-7-9-18(16)23(5-2)21-17/h6-11H,4-5,12-13H2,1-3H3,(H,20,24). The van der Waals surface area contributed by atoms with Gasteiger partial charge in [0.2, 0.25) is 0 Å². The Labute approximate surface area is 147 Å². The lowest BCUT2D eigenvalue weighted by atomic mass is 10.2. The van der Waals surface area contributed by atoms with E-state index in [0.29, 0.717) is 19.6 Å². The highest BCUT2D eigenvalue weighted by molar-refractivity contribution is 5.82. The molecule has 1 aromatic carbocycles. The zero-order chi connectivity index (χ0) is 17.8. The van der Waals surface area contributed by atoms with Gasteiger partial charge < -0.3 is 14.6 Å². The normalized spacial score (nSPS) is 11.0. The number of benzene rings is 1. The van der Waals surface area contributed by atoms with Crippen LogP contribution in [0.1, 0.15) is 31.1 Å². The second-order valence-corrected chi connectivity index (χ2v) is 5.96. The summed E-state index contributed by atoms with van der Waals surface area (Å²) < 4.78 is 7.53. The Morgan fingerprint density at radius 2 is 2.04 bits per heavy atom. The van der Waals surface area contributed by atoms with Crippen molar-refractivity contribution in [3.8, 4) is 0 Å². The van der Waals surface area contributed by atoms with Gasteiger partial charge in [0, 0.05) is 18.5 Å². The smallest absolute Gasteiger partial charge is 0.318 e. The Hall–Kier alpha value is -2.76. The number of amides is 2. The van der Waals surface area contributed by atoms with Gasteiger partial charge in [0.05, 0.1) is 24.3 Å². The zero-order valence-corrected chi connectivity index (χ0v) is 15.0. The molecule has 132 valence electrons. The summed E-state index contributed by atoms with van der Waals surface area (Å²) in [5, 5.41) is 8.67. The molecule has 0 spiro atoms. The number of nitrogens with one attached hydrogen (secondary N) is 1. The van der Waals surface area contributed by atoms with E-state index in [-0.39, 0.29) is 6.03 Å². The average Bonchev–Trinajstić information content (AvgIpc) is 3.20. The lowest BCUT2D eigenvalue weighted by Gasteiger charge is -2.20. The Bertz CT molecular complexity index is 865. The maximum atomic E-state index is 12.5. The van der Waals surface area contributed by atoms with Crippen LogP contribution in [0.25, 0.3) is 10.9 Å². The molecule has 6 heteroatoms. The molecule has 0 saturated heterocycles. The van der Waals surface area contributed by atoms with Crippen LogP contribution >= 0.6 is 0 Å². The number of rotatable bonds is 6. The van der Waals surface area contributed by atoms with Crippen molar-refractivity contribution in [2.24, 2.45) is 0 Å². The van der Waals surface area contributed by atoms with E-state index >= 15 is 0 Å². The van der Waals surface area contributed by atoms with Gasteiger partial charge in [0.15, 0.2) is 0 Å². The fourth-order valence-electron chi connectivity index (χ4n) is 2.92. The van der Waals surface area contributed by atoms with Crippen LogP contribution in [0, 0.1) is 6.92 Å². The molecule has 2 heterocycles. The van der Waals surface area contributed by atoms with Gasteiger partial charge in [-0.15, -0.1) is 0 Å². The maximum Gasteiger partial charge on any atom is 0.318 e. The van der Waals surface area contributed by atoms with Gasteiger partial charge >= 0.3 is 6.03 Å². The molecule has 0 aliphatic carbocycles. The molecule has 0 radical (unpaired) electrons. The van der Waals surface area contributed by atoms with E-state index in [1.54, 1.807) is 4.90 Å².